The van der Waals surface area contributed by atoms with Crippen LogP contribution in [0.5, 0.6) is 0 Å². The smallest absolute Gasteiger partial charge is 0.240 e. The molecule has 114 valence electrons. The highest BCUT2D eigenvalue weighted by atomic mass is 32.2. The molecular formula is C15H20N2O3S. The Labute approximate surface area is 125 Å². The zero-order valence-corrected chi connectivity index (χ0v) is 12.8. The number of rotatable bonds is 5. The minimum absolute atomic E-state index is 0.0597. The Morgan fingerprint density at radius 2 is 1.76 bits per heavy atom. The van der Waals surface area contributed by atoms with E-state index >= 15 is 0 Å². The van der Waals surface area contributed by atoms with Gasteiger partial charge in [0.1, 0.15) is 0 Å². The van der Waals surface area contributed by atoms with E-state index in [9.17, 15) is 13.2 Å². The van der Waals surface area contributed by atoms with Crippen molar-refractivity contribution in [1.82, 2.24) is 4.72 Å². The summed E-state index contributed by atoms with van der Waals surface area (Å²) >= 11 is 0. The van der Waals surface area contributed by atoms with Gasteiger partial charge in [0.05, 0.1) is 4.90 Å². The van der Waals surface area contributed by atoms with Gasteiger partial charge in [-0.1, -0.05) is 6.92 Å². The molecular weight excluding hydrogens is 288 g/mol. The van der Waals surface area contributed by atoms with Crippen molar-refractivity contribution in [1.29, 1.82) is 0 Å². The van der Waals surface area contributed by atoms with Crippen LogP contribution in [-0.4, -0.2) is 20.9 Å². The van der Waals surface area contributed by atoms with Crippen LogP contribution < -0.4 is 10.0 Å². The number of nitrogens with one attached hydrogen (secondary N) is 2. The highest BCUT2D eigenvalue weighted by molar-refractivity contribution is 7.89. The first-order chi connectivity index (χ1) is 9.99. The topological polar surface area (TPSA) is 75.3 Å². The van der Waals surface area contributed by atoms with E-state index in [-0.39, 0.29) is 16.7 Å². The number of benzene rings is 1. The summed E-state index contributed by atoms with van der Waals surface area (Å²) in [6.45, 7) is 2.09. The SMILES string of the molecule is CCNS(=O)(=O)c1ccc(NC(=O)C2CC3CC3C2)cc1. The minimum Gasteiger partial charge on any atom is -0.326 e. The Balaban J connectivity index is 1.63. The van der Waals surface area contributed by atoms with Crippen molar-refractivity contribution in [2.24, 2.45) is 17.8 Å². The van der Waals surface area contributed by atoms with Gasteiger partial charge in [-0.2, -0.15) is 0 Å². The third-order valence-corrected chi connectivity index (χ3v) is 5.94. The van der Waals surface area contributed by atoms with E-state index < -0.39 is 10.0 Å². The zero-order valence-electron chi connectivity index (χ0n) is 12.0. The predicted molar refractivity (Wildman–Crippen MR) is 80.3 cm³/mol. The molecule has 2 fully saturated rings. The Bertz CT molecular complexity index is 629. The van der Waals surface area contributed by atoms with Gasteiger partial charge in [0.2, 0.25) is 15.9 Å². The Kier molecular flexibility index (Phi) is 3.75. The first-order valence-electron chi connectivity index (χ1n) is 7.40. The Morgan fingerprint density at radius 1 is 1.14 bits per heavy atom. The molecule has 2 aliphatic rings. The summed E-state index contributed by atoms with van der Waals surface area (Å²) in [7, 11) is -3.44. The molecule has 0 saturated heterocycles. The van der Waals surface area contributed by atoms with Gasteiger partial charge >= 0.3 is 0 Å². The van der Waals surface area contributed by atoms with E-state index in [2.05, 4.69) is 10.0 Å². The van der Waals surface area contributed by atoms with Gasteiger partial charge in [0.25, 0.3) is 0 Å². The second-order valence-corrected chi connectivity index (χ2v) is 7.71. The number of fused-ring (bicyclic) bond motifs is 1. The summed E-state index contributed by atoms with van der Waals surface area (Å²) in [4.78, 5) is 12.3. The molecule has 6 heteroatoms. The molecule has 0 aliphatic heterocycles. The molecule has 2 aliphatic carbocycles. The molecule has 2 N–H and O–H groups in total. The monoisotopic (exact) mass is 308 g/mol. The molecule has 0 spiro atoms. The quantitative estimate of drug-likeness (QED) is 0.873. The van der Waals surface area contributed by atoms with Crippen molar-refractivity contribution in [3.05, 3.63) is 24.3 Å². The number of carbonyl (C=O) groups is 1. The highest BCUT2D eigenvalue weighted by Gasteiger charge is 2.47. The predicted octanol–water partition coefficient (Wildman–Crippen LogP) is 1.97. The number of sulfonamides is 1. The Hall–Kier alpha value is -1.40. The van der Waals surface area contributed by atoms with Gasteiger partial charge in [-0.25, -0.2) is 13.1 Å². The van der Waals surface area contributed by atoms with E-state index in [4.69, 9.17) is 0 Å². The molecule has 1 aromatic rings. The van der Waals surface area contributed by atoms with Crippen LogP contribution in [0.3, 0.4) is 0 Å². The van der Waals surface area contributed by atoms with Crippen LogP contribution in [0.4, 0.5) is 5.69 Å². The maximum absolute atomic E-state index is 12.1. The summed E-state index contributed by atoms with van der Waals surface area (Å²) in [6.07, 6.45) is 3.30. The molecule has 2 atom stereocenters. The lowest BCUT2D eigenvalue weighted by atomic mass is 10.0. The van der Waals surface area contributed by atoms with Gasteiger partial charge in [-0.15, -0.1) is 0 Å². The molecule has 2 saturated carbocycles. The summed E-state index contributed by atoms with van der Waals surface area (Å²) < 4.78 is 26.1. The second-order valence-electron chi connectivity index (χ2n) is 5.94. The number of amides is 1. The van der Waals surface area contributed by atoms with Crippen molar-refractivity contribution in [3.63, 3.8) is 0 Å². The average Bonchev–Trinajstić information content (AvgIpc) is 3.05. The van der Waals surface area contributed by atoms with E-state index in [1.807, 2.05) is 0 Å². The van der Waals surface area contributed by atoms with Crippen LogP contribution in [0.25, 0.3) is 0 Å². The third kappa shape index (κ3) is 3.11. The molecule has 2 unspecified atom stereocenters. The lowest BCUT2D eigenvalue weighted by Crippen LogP contribution is -2.23. The van der Waals surface area contributed by atoms with E-state index in [1.54, 1.807) is 19.1 Å². The summed E-state index contributed by atoms with van der Waals surface area (Å²) in [5.41, 5.74) is 0.649. The molecule has 0 heterocycles. The number of hydrogen-bond acceptors (Lipinski definition) is 3. The summed E-state index contributed by atoms with van der Waals surface area (Å²) in [5.74, 6) is 1.73. The molecule has 0 aromatic heterocycles. The molecule has 0 bridgehead atoms. The minimum atomic E-state index is -3.44. The van der Waals surface area contributed by atoms with Crippen LogP contribution in [0, 0.1) is 17.8 Å². The normalized spacial score (nSPS) is 27.2. The van der Waals surface area contributed by atoms with Gasteiger partial charge in [-0.3, -0.25) is 4.79 Å². The molecule has 1 aromatic carbocycles. The number of carbonyl (C=O) groups excluding carboxylic acids is 1. The Morgan fingerprint density at radius 3 is 2.33 bits per heavy atom. The van der Waals surface area contributed by atoms with E-state index in [1.165, 1.54) is 18.6 Å². The fourth-order valence-corrected chi connectivity index (χ4v) is 4.21. The molecule has 5 nitrogen and oxygen atoms in total. The summed E-state index contributed by atoms with van der Waals surface area (Å²) in [5, 5.41) is 2.88. The zero-order chi connectivity index (χ0) is 15.0. The van der Waals surface area contributed by atoms with Crippen molar-refractivity contribution in [2.45, 2.75) is 31.1 Å². The van der Waals surface area contributed by atoms with Crippen molar-refractivity contribution >= 4 is 21.6 Å². The molecule has 3 rings (SSSR count). The van der Waals surface area contributed by atoms with Crippen LogP contribution in [-0.2, 0) is 14.8 Å². The first-order valence-corrected chi connectivity index (χ1v) is 8.88. The van der Waals surface area contributed by atoms with Gasteiger partial charge in [-0.05, 0) is 55.4 Å². The first kappa shape index (κ1) is 14.5. The van der Waals surface area contributed by atoms with Crippen molar-refractivity contribution in [2.75, 3.05) is 11.9 Å². The van der Waals surface area contributed by atoms with E-state index in [0.29, 0.717) is 12.2 Å². The van der Waals surface area contributed by atoms with Crippen LogP contribution >= 0.6 is 0 Å². The van der Waals surface area contributed by atoms with Gasteiger partial charge < -0.3 is 5.32 Å². The number of hydrogen-bond donors (Lipinski definition) is 2. The maximum atomic E-state index is 12.1. The van der Waals surface area contributed by atoms with Gasteiger partial charge in [0.15, 0.2) is 0 Å². The van der Waals surface area contributed by atoms with Crippen LogP contribution in [0.2, 0.25) is 0 Å². The van der Waals surface area contributed by atoms with Gasteiger partial charge in [0, 0.05) is 18.2 Å². The molecule has 1 amide bonds. The standard InChI is InChI=1S/C15H20N2O3S/c1-2-16-21(19,20)14-5-3-13(4-6-14)17-15(18)12-8-10-7-11(10)9-12/h3-6,10-12,16H,2,7-9H2,1H3,(H,17,18). The lowest BCUT2D eigenvalue weighted by Gasteiger charge is -2.12. The third-order valence-electron chi connectivity index (χ3n) is 4.38. The lowest BCUT2D eigenvalue weighted by molar-refractivity contribution is -0.120. The van der Waals surface area contributed by atoms with Crippen molar-refractivity contribution in [3.8, 4) is 0 Å². The average molecular weight is 308 g/mol. The van der Waals surface area contributed by atoms with Crippen molar-refractivity contribution < 1.29 is 13.2 Å². The van der Waals surface area contributed by atoms with Crippen LogP contribution in [0.15, 0.2) is 29.2 Å². The van der Waals surface area contributed by atoms with Crippen LogP contribution in [0.1, 0.15) is 26.2 Å². The van der Waals surface area contributed by atoms with E-state index in [0.717, 1.165) is 24.7 Å². The largest absolute Gasteiger partial charge is 0.326 e. The second kappa shape index (κ2) is 5.42. The fourth-order valence-electron chi connectivity index (χ4n) is 3.16. The summed E-state index contributed by atoms with van der Waals surface area (Å²) in [6, 6.07) is 6.30. The fraction of sp³-hybridized carbons (Fsp3) is 0.533. The highest BCUT2D eigenvalue weighted by Crippen LogP contribution is 2.54. The number of anilines is 1. The molecule has 0 radical (unpaired) electrons. The molecule has 21 heavy (non-hydrogen) atoms. The maximum Gasteiger partial charge on any atom is 0.240 e.